The van der Waals surface area contributed by atoms with Gasteiger partial charge >= 0.3 is 12.4 Å². The number of carbonyl (C=O) groups is 2. The van der Waals surface area contributed by atoms with Crippen molar-refractivity contribution in [3.05, 3.63) is 41.0 Å². The van der Waals surface area contributed by atoms with Gasteiger partial charge in [-0.3, -0.25) is 19.1 Å². The van der Waals surface area contributed by atoms with E-state index in [9.17, 15) is 44.7 Å². The average Bonchev–Trinajstić information content (AvgIpc) is 3.59. The van der Waals surface area contributed by atoms with Gasteiger partial charge in [-0.2, -0.15) is 31.3 Å². The van der Waals surface area contributed by atoms with Gasteiger partial charge in [-0.15, -0.1) is 0 Å². The van der Waals surface area contributed by atoms with Crippen molar-refractivity contribution in [3.8, 4) is 5.88 Å². The number of nitrogens with zero attached hydrogens (tertiary/aromatic N) is 4. The van der Waals surface area contributed by atoms with Crippen LogP contribution in [0.2, 0.25) is 0 Å². The lowest BCUT2D eigenvalue weighted by molar-refractivity contribution is -0.182. The number of carbonyl (C=O) groups excluding carboxylic acids is 2. The van der Waals surface area contributed by atoms with E-state index in [-0.39, 0.29) is 66.9 Å². The minimum Gasteiger partial charge on any atom is -0.471 e. The van der Waals surface area contributed by atoms with E-state index in [1.54, 1.807) is 0 Å². The summed E-state index contributed by atoms with van der Waals surface area (Å²) in [6, 6.07) is 3.55. The maximum atomic E-state index is 14.0. The minimum absolute atomic E-state index is 0.00186. The third kappa shape index (κ3) is 8.51. The predicted octanol–water partition coefficient (Wildman–Crippen LogP) is 5.94. The summed E-state index contributed by atoms with van der Waals surface area (Å²) in [5.74, 6) is -3.23. The van der Waals surface area contributed by atoms with E-state index in [0.717, 1.165) is 19.0 Å². The lowest BCUT2D eigenvalue weighted by Gasteiger charge is -2.30. The maximum Gasteiger partial charge on any atom is 0.418 e. The number of benzene rings is 1. The molecule has 49 heavy (non-hydrogen) atoms. The van der Waals surface area contributed by atoms with Gasteiger partial charge in [0.15, 0.2) is 12.3 Å². The molecule has 1 saturated heterocycles. The number of ether oxygens (including phenoxy) is 1. The van der Waals surface area contributed by atoms with Crippen molar-refractivity contribution in [2.75, 3.05) is 25.5 Å². The molecule has 2 aliphatic rings. The number of hydrogen-bond acceptors (Lipinski definition) is 7. The number of amides is 2. The number of imidazole rings is 1. The standard InChI is InChI=1S/C31H35F8N7O3/c1-45-11-3-4-23(45)27(48)40-14-16-5-10-20(31(37,38)39)21(12-16)42-29-43-22-13-19(28(49-15-24(32)33)44-25(22)46(29)2)26(47)41-18-8-6-17(7-9-18)30(34,35)36/h5,10,12-13,17-18,23-24H,3-4,6-9,11,14-15H2,1-2H3,(H,40,48)(H,41,47)(H,42,43). The number of likely N-dealkylation sites (N-methyl/N-ethyl adjacent to an activating group) is 1. The number of aryl methyl sites for hydroxylation is 1. The zero-order valence-corrected chi connectivity index (χ0v) is 26.5. The highest BCUT2D eigenvalue weighted by molar-refractivity contribution is 5.99. The molecule has 18 heteroatoms. The average molecular weight is 706 g/mol. The molecule has 1 atom stereocenters. The summed E-state index contributed by atoms with van der Waals surface area (Å²) in [7, 11) is 3.22. The SMILES string of the molecule is CN1CCCC1C(=O)NCc1ccc(C(F)(F)F)c(Nc2nc3cc(C(=O)NC4CCC(C(F)(F)F)CC4)c(OCC(F)F)nc3n2C)c1. The number of aromatic nitrogens is 3. The Morgan fingerprint density at radius 3 is 2.33 bits per heavy atom. The summed E-state index contributed by atoms with van der Waals surface area (Å²) < 4.78 is 114. The van der Waals surface area contributed by atoms with Crippen LogP contribution >= 0.6 is 0 Å². The molecule has 1 unspecified atom stereocenters. The fraction of sp³-hybridized carbons (Fsp3) is 0.548. The third-order valence-electron chi connectivity index (χ3n) is 8.85. The molecule has 5 rings (SSSR count). The Hall–Kier alpha value is -4.22. The summed E-state index contributed by atoms with van der Waals surface area (Å²) >= 11 is 0. The molecule has 1 saturated carbocycles. The van der Waals surface area contributed by atoms with Gasteiger partial charge in [-0.05, 0) is 75.9 Å². The molecule has 3 aromatic rings. The zero-order valence-electron chi connectivity index (χ0n) is 26.5. The lowest BCUT2D eigenvalue weighted by atomic mass is 9.85. The van der Waals surface area contributed by atoms with E-state index in [4.69, 9.17) is 4.74 Å². The van der Waals surface area contributed by atoms with Gasteiger partial charge in [-0.1, -0.05) is 6.07 Å². The number of rotatable bonds is 10. The molecule has 0 bridgehead atoms. The van der Waals surface area contributed by atoms with Crippen molar-refractivity contribution in [2.45, 2.75) is 75.9 Å². The number of halogens is 8. The molecule has 2 aromatic heterocycles. The summed E-state index contributed by atoms with van der Waals surface area (Å²) in [6.45, 7) is -0.410. The number of hydrogen-bond donors (Lipinski definition) is 3. The van der Waals surface area contributed by atoms with E-state index in [0.29, 0.717) is 12.0 Å². The highest BCUT2D eigenvalue weighted by Gasteiger charge is 2.42. The van der Waals surface area contributed by atoms with Crippen molar-refractivity contribution >= 4 is 34.6 Å². The van der Waals surface area contributed by atoms with Crippen molar-refractivity contribution in [1.82, 2.24) is 30.1 Å². The summed E-state index contributed by atoms with van der Waals surface area (Å²) in [6.07, 6.45) is -10.8. The number of alkyl halides is 8. The van der Waals surface area contributed by atoms with Crippen LogP contribution in [0.4, 0.5) is 46.8 Å². The van der Waals surface area contributed by atoms with Crippen molar-refractivity contribution in [3.63, 3.8) is 0 Å². The van der Waals surface area contributed by atoms with E-state index in [1.165, 1.54) is 29.8 Å². The molecule has 1 aromatic carbocycles. The van der Waals surface area contributed by atoms with Crippen molar-refractivity contribution in [1.29, 1.82) is 0 Å². The molecule has 2 amide bonds. The lowest BCUT2D eigenvalue weighted by Crippen LogP contribution is -2.41. The first-order valence-electron chi connectivity index (χ1n) is 15.6. The molecule has 0 spiro atoms. The van der Waals surface area contributed by atoms with Crippen LogP contribution in [-0.4, -0.2) is 76.1 Å². The molecule has 2 fully saturated rings. The molecule has 10 nitrogen and oxygen atoms in total. The summed E-state index contributed by atoms with van der Waals surface area (Å²) in [4.78, 5) is 36.2. The number of likely N-dealkylation sites (tertiary alicyclic amines) is 1. The van der Waals surface area contributed by atoms with Gasteiger partial charge in [0.2, 0.25) is 17.7 Å². The molecular weight excluding hydrogens is 670 g/mol. The van der Waals surface area contributed by atoms with Crippen LogP contribution in [0.25, 0.3) is 11.2 Å². The van der Waals surface area contributed by atoms with Crippen LogP contribution in [0.15, 0.2) is 24.3 Å². The maximum absolute atomic E-state index is 14.0. The topological polar surface area (TPSA) is 113 Å². The van der Waals surface area contributed by atoms with Crippen molar-refractivity contribution in [2.24, 2.45) is 13.0 Å². The Labute approximate surface area is 275 Å². The van der Waals surface area contributed by atoms with Crippen LogP contribution in [-0.2, 0) is 24.6 Å². The van der Waals surface area contributed by atoms with Crippen LogP contribution in [0.5, 0.6) is 5.88 Å². The second kappa shape index (κ2) is 14.3. The van der Waals surface area contributed by atoms with E-state index < -0.39 is 60.4 Å². The summed E-state index contributed by atoms with van der Waals surface area (Å²) in [5, 5.41) is 8.01. The first kappa shape index (κ1) is 36.1. The molecule has 3 N–H and O–H groups in total. The third-order valence-corrected chi connectivity index (χ3v) is 8.85. The largest absolute Gasteiger partial charge is 0.471 e. The molecule has 0 radical (unpaired) electrons. The molecule has 268 valence electrons. The number of anilines is 2. The summed E-state index contributed by atoms with van der Waals surface area (Å²) in [5.41, 5.74) is -1.40. The normalized spacial score (nSPS) is 20.5. The van der Waals surface area contributed by atoms with Gasteiger partial charge in [-0.25, -0.2) is 13.8 Å². The van der Waals surface area contributed by atoms with Crippen LogP contribution in [0.3, 0.4) is 0 Å². The van der Waals surface area contributed by atoms with Gasteiger partial charge in [0, 0.05) is 19.6 Å². The van der Waals surface area contributed by atoms with Gasteiger partial charge in [0.1, 0.15) is 11.1 Å². The highest BCUT2D eigenvalue weighted by atomic mass is 19.4. The minimum atomic E-state index is -4.78. The smallest absolute Gasteiger partial charge is 0.418 e. The fourth-order valence-electron chi connectivity index (χ4n) is 6.17. The van der Waals surface area contributed by atoms with E-state index in [2.05, 4.69) is 25.9 Å². The van der Waals surface area contributed by atoms with E-state index in [1.807, 2.05) is 11.9 Å². The molecule has 3 heterocycles. The second-order valence-corrected chi connectivity index (χ2v) is 12.3. The Morgan fingerprint density at radius 2 is 1.71 bits per heavy atom. The molecule has 1 aliphatic heterocycles. The van der Waals surface area contributed by atoms with Gasteiger partial charge in [0.25, 0.3) is 12.3 Å². The number of pyridine rings is 1. The molecule has 1 aliphatic carbocycles. The Morgan fingerprint density at radius 1 is 1.00 bits per heavy atom. The predicted molar refractivity (Wildman–Crippen MR) is 162 cm³/mol. The Balaban J connectivity index is 1.40. The van der Waals surface area contributed by atoms with Crippen LogP contribution in [0.1, 0.15) is 60.0 Å². The number of nitrogens with one attached hydrogen (secondary N) is 3. The fourth-order valence-corrected chi connectivity index (χ4v) is 6.17. The molecular formula is C31H35F8N7O3. The van der Waals surface area contributed by atoms with E-state index >= 15 is 0 Å². The van der Waals surface area contributed by atoms with Crippen LogP contribution < -0.4 is 20.7 Å². The Bertz CT molecular complexity index is 1670. The first-order chi connectivity index (χ1) is 23.0. The number of fused-ring (bicyclic) bond motifs is 1. The van der Waals surface area contributed by atoms with Crippen LogP contribution in [0, 0.1) is 5.92 Å². The van der Waals surface area contributed by atoms with Gasteiger partial charge < -0.3 is 20.7 Å². The monoisotopic (exact) mass is 705 g/mol. The highest BCUT2D eigenvalue weighted by Crippen LogP contribution is 2.39. The van der Waals surface area contributed by atoms with Gasteiger partial charge in [0.05, 0.1) is 23.2 Å². The quantitative estimate of drug-likeness (QED) is 0.224. The second-order valence-electron chi connectivity index (χ2n) is 12.3. The Kier molecular flexibility index (Phi) is 10.5. The first-order valence-corrected chi connectivity index (χ1v) is 15.6. The van der Waals surface area contributed by atoms with Crippen molar-refractivity contribution < 1.29 is 49.4 Å². The zero-order chi connectivity index (χ0) is 35.7.